The molecular formula is C15H27N3O. The summed E-state index contributed by atoms with van der Waals surface area (Å²) in [5.74, 6) is 2.29. The van der Waals surface area contributed by atoms with Crippen molar-refractivity contribution >= 4 is 5.69 Å². The van der Waals surface area contributed by atoms with Crippen LogP contribution in [-0.4, -0.2) is 15.9 Å². The Labute approximate surface area is 116 Å². The van der Waals surface area contributed by atoms with Gasteiger partial charge in [-0.05, 0) is 37.5 Å². The Morgan fingerprint density at radius 3 is 2.68 bits per heavy atom. The first-order chi connectivity index (χ1) is 9.02. The highest BCUT2D eigenvalue weighted by molar-refractivity contribution is 5.53. The lowest BCUT2D eigenvalue weighted by Gasteiger charge is -2.32. The van der Waals surface area contributed by atoms with Gasteiger partial charge in [-0.25, -0.2) is 4.68 Å². The Morgan fingerprint density at radius 1 is 1.32 bits per heavy atom. The molecule has 4 nitrogen and oxygen atoms in total. The molecule has 2 N–H and O–H groups in total. The van der Waals surface area contributed by atoms with Gasteiger partial charge in [-0.2, -0.15) is 5.10 Å². The van der Waals surface area contributed by atoms with Crippen molar-refractivity contribution in [1.29, 1.82) is 0 Å². The van der Waals surface area contributed by atoms with Crippen LogP contribution in [0.1, 0.15) is 52.1 Å². The fraction of sp³-hybridized carbons (Fsp3) is 0.800. The predicted octanol–water partition coefficient (Wildman–Crippen LogP) is 3.16. The number of nitrogen functional groups attached to an aromatic ring is 1. The minimum atomic E-state index is 0.290. The van der Waals surface area contributed by atoms with Crippen molar-refractivity contribution in [2.75, 3.05) is 5.73 Å². The normalized spacial score (nSPS) is 27.5. The van der Waals surface area contributed by atoms with Crippen molar-refractivity contribution in [3.8, 4) is 5.88 Å². The molecule has 2 rings (SSSR count). The molecule has 108 valence electrons. The van der Waals surface area contributed by atoms with Gasteiger partial charge in [0.2, 0.25) is 5.88 Å². The summed E-state index contributed by atoms with van der Waals surface area (Å²) in [4.78, 5) is 0. The van der Waals surface area contributed by atoms with Crippen LogP contribution in [0.15, 0.2) is 0 Å². The second-order valence-electron chi connectivity index (χ2n) is 6.05. The molecule has 1 aliphatic rings. The van der Waals surface area contributed by atoms with Gasteiger partial charge in [0.15, 0.2) is 0 Å². The summed E-state index contributed by atoms with van der Waals surface area (Å²) in [6, 6.07) is 0. The van der Waals surface area contributed by atoms with Gasteiger partial charge in [-0.1, -0.05) is 27.2 Å². The average molecular weight is 265 g/mol. The minimum absolute atomic E-state index is 0.290. The van der Waals surface area contributed by atoms with Gasteiger partial charge in [0.05, 0.1) is 5.69 Å². The molecular weight excluding hydrogens is 238 g/mol. The summed E-state index contributed by atoms with van der Waals surface area (Å²) in [7, 11) is 1.92. The Balaban J connectivity index is 2.07. The van der Waals surface area contributed by atoms with E-state index in [1.54, 1.807) is 4.68 Å². The smallest absolute Gasteiger partial charge is 0.236 e. The van der Waals surface area contributed by atoms with Crippen LogP contribution in [0.2, 0.25) is 0 Å². The number of rotatable bonds is 4. The number of anilines is 1. The first kappa shape index (κ1) is 14.2. The third kappa shape index (κ3) is 3.04. The number of aromatic nitrogens is 2. The summed E-state index contributed by atoms with van der Waals surface area (Å²) in [5, 5.41) is 4.47. The van der Waals surface area contributed by atoms with E-state index in [1.165, 1.54) is 6.42 Å². The number of nitrogens with two attached hydrogens (primary N) is 1. The van der Waals surface area contributed by atoms with Crippen molar-refractivity contribution in [2.45, 2.75) is 59.0 Å². The van der Waals surface area contributed by atoms with E-state index in [-0.39, 0.29) is 0 Å². The molecule has 0 bridgehead atoms. The molecule has 0 radical (unpaired) electrons. The molecule has 1 aliphatic carbocycles. The Bertz CT molecular complexity index is 427. The first-order valence-corrected chi connectivity index (χ1v) is 7.50. The largest absolute Gasteiger partial charge is 0.473 e. The van der Waals surface area contributed by atoms with E-state index in [0.29, 0.717) is 6.10 Å². The third-order valence-electron chi connectivity index (χ3n) is 4.42. The summed E-state index contributed by atoms with van der Waals surface area (Å²) >= 11 is 0. The number of hydrogen-bond acceptors (Lipinski definition) is 3. The molecule has 0 amide bonds. The van der Waals surface area contributed by atoms with Crippen molar-refractivity contribution in [3.63, 3.8) is 0 Å². The number of hydrogen-bond donors (Lipinski definition) is 1. The second-order valence-corrected chi connectivity index (χ2v) is 6.05. The molecule has 1 aromatic heterocycles. The zero-order valence-corrected chi connectivity index (χ0v) is 12.6. The topological polar surface area (TPSA) is 53.1 Å². The van der Waals surface area contributed by atoms with Crippen LogP contribution >= 0.6 is 0 Å². The van der Waals surface area contributed by atoms with E-state index < -0.39 is 0 Å². The van der Waals surface area contributed by atoms with Crippen LogP contribution in [0, 0.1) is 11.8 Å². The monoisotopic (exact) mass is 265 g/mol. The molecule has 1 aromatic rings. The Hall–Kier alpha value is -1.19. The molecule has 19 heavy (non-hydrogen) atoms. The van der Waals surface area contributed by atoms with Gasteiger partial charge in [-0.3, -0.25) is 0 Å². The minimum Gasteiger partial charge on any atom is -0.473 e. The summed E-state index contributed by atoms with van der Waals surface area (Å²) < 4.78 is 7.93. The van der Waals surface area contributed by atoms with Crippen LogP contribution in [0.25, 0.3) is 0 Å². The van der Waals surface area contributed by atoms with Gasteiger partial charge < -0.3 is 10.5 Å². The van der Waals surface area contributed by atoms with Crippen LogP contribution in [0.5, 0.6) is 5.88 Å². The van der Waals surface area contributed by atoms with Gasteiger partial charge in [0.25, 0.3) is 0 Å². The maximum absolute atomic E-state index is 6.16. The van der Waals surface area contributed by atoms with E-state index in [2.05, 4.69) is 25.9 Å². The number of ether oxygens (including phenoxy) is 1. The van der Waals surface area contributed by atoms with E-state index in [4.69, 9.17) is 10.5 Å². The molecule has 0 spiro atoms. The molecule has 1 heterocycles. The van der Waals surface area contributed by atoms with E-state index in [0.717, 1.165) is 54.8 Å². The highest BCUT2D eigenvalue weighted by Gasteiger charge is 2.27. The van der Waals surface area contributed by atoms with Gasteiger partial charge in [0, 0.05) is 7.05 Å². The highest BCUT2D eigenvalue weighted by Crippen LogP contribution is 2.34. The average Bonchev–Trinajstić information content (AvgIpc) is 2.62. The van der Waals surface area contributed by atoms with Crippen molar-refractivity contribution in [1.82, 2.24) is 9.78 Å². The summed E-state index contributed by atoms with van der Waals surface area (Å²) in [6.07, 6.45) is 5.75. The molecule has 3 unspecified atom stereocenters. The lowest BCUT2D eigenvalue weighted by molar-refractivity contribution is 0.0931. The van der Waals surface area contributed by atoms with E-state index in [1.807, 2.05) is 7.05 Å². The molecule has 4 heteroatoms. The summed E-state index contributed by atoms with van der Waals surface area (Å²) in [6.45, 7) is 6.78. The van der Waals surface area contributed by atoms with Gasteiger partial charge >= 0.3 is 0 Å². The van der Waals surface area contributed by atoms with Crippen molar-refractivity contribution < 1.29 is 4.74 Å². The van der Waals surface area contributed by atoms with Crippen LogP contribution in [0.3, 0.4) is 0 Å². The maximum atomic E-state index is 6.16. The van der Waals surface area contributed by atoms with E-state index in [9.17, 15) is 0 Å². The zero-order chi connectivity index (χ0) is 14.0. The van der Waals surface area contributed by atoms with Crippen LogP contribution < -0.4 is 10.5 Å². The van der Waals surface area contributed by atoms with Crippen LogP contribution in [-0.2, 0) is 13.5 Å². The predicted molar refractivity (Wildman–Crippen MR) is 78.2 cm³/mol. The maximum Gasteiger partial charge on any atom is 0.236 e. The zero-order valence-electron chi connectivity index (χ0n) is 12.6. The SMILES string of the molecule is CCCc1nn(C)c(OC2CCC(C)C(C)C2)c1N. The number of aryl methyl sites for hydroxylation is 2. The quantitative estimate of drug-likeness (QED) is 0.909. The third-order valence-corrected chi connectivity index (χ3v) is 4.42. The highest BCUT2D eigenvalue weighted by atomic mass is 16.5. The van der Waals surface area contributed by atoms with Gasteiger partial charge in [0.1, 0.15) is 11.8 Å². The fourth-order valence-corrected chi connectivity index (χ4v) is 2.90. The van der Waals surface area contributed by atoms with Gasteiger partial charge in [-0.15, -0.1) is 0 Å². The lowest BCUT2D eigenvalue weighted by Crippen LogP contribution is -2.29. The molecule has 0 aliphatic heterocycles. The molecule has 1 saturated carbocycles. The molecule has 3 atom stereocenters. The fourth-order valence-electron chi connectivity index (χ4n) is 2.90. The summed E-state index contributed by atoms with van der Waals surface area (Å²) in [5.41, 5.74) is 7.86. The standard InChI is InChI=1S/C15H27N3O/c1-5-6-13-14(16)15(18(4)17-13)19-12-8-7-10(2)11(3)9-12/h10-12H,5-9,16H2,1-4H3. The van der Waals surface area contributed by atoms with E-state index >= 15 is 0 Å². The Morgan fingerprint density at radius 2 is 2.05 bits per heavy atom. The molecule has 0 aromatic carbocycles. The molecule has 1 fully saturated rings. The second kappa shape index (κ2) is 5.85. The molecule has 0 saturated heterocycles. The first-order valence-electron chi connectivity index (χ1n) is 7.50. The lowest BCUT2D eigenvalue weighted by atomic mass is 9.80. The van der Waals surface area contributed by atoms with Crippen LogP contribution in [0.4, 0.5) is 5.69 Å². The van der Waals surface area contributed by atoms with Crippen molar-refractivity contribution in [2.24, 2.45) is 18.9 Å². The van der Waals surface area contributed by atoms with Crippen molar-refractivity contribution in [3.05, 3.63) is 5.69 Å². The Kier molecular flexibility index (Phi) is 4.38. The number of nitrogens with zero attached hydrogens (tertiary/aromatic N) is 2.